The average Bonchev–Trinajstić information content (AvgIpc) is 3.01. The van der Waals surface area contributed by atoms with Crippen LogP contribution >= 0.6 is 0 Å². The van der Waals surface area contributed by atoms with Crippen LogP contribution in [0.1, 0.15) is 37.0 Å². The van der Waals surface area contributed by atoms with Gasteiger partial charge in [-0.2, -0.15) is 15.8 Å². The van der Waals surface area contributed by atoms with Crippen LogP contribution in [0.2, 0.25) is 0 Å². The van der Waals surface area contributed by atoms with Gasteiger partial charge in [0.2, 0.25) is 23.0 Å². The molecule has 2 aliphatic heterocycles. The number of carbonyl (C=O) groups is 1. The molecule has 0 aromatic heterocycles. The van der Waals surface area contributed by atoms with Gasteiger partial charge in [-0.15, -0.1) is 0 Å². The van der Waals surface area contributed by atoms with E-state index in [1.807, 2.05) is 12.1 Å². The lowest BCUT2D eigenvalue weighted by atomic mass is 9.52. The normalized spacial score (nSPS) is 28.5. The lowest BCUT2D eigenvalue weighted by Gasteiger charge is -2.49. The van der Waals surface area contributed by atoms with Gasteiger partial charge in [0.25, 0.3) is 0 Å². The Morgan fingerprint density at radius 3 is 2.29 bits per heavy atom. The Kier molecular flexibility index (Phi) is 5.28. The minimum atomic E-state index is -2.13. The molecule has 2 heterocycles. The van der Waals surface area contributed by atoms with Crippen LogP contribution in [0.3, 0.4) is 0 Å². The highest BCUT2D eigenvalue weighted by Crippen LogP contribution is 2.70. The van der Waals surface area contributed by atoms with Crippen LogP contribution in [0, 0.1) is 50.2 Å². The number of anilines is 1. The van der Waals surface area contributed by atoms with Crippen LogP contribution in [0.25, 0.3) is 0 Å². The molecule has 9 nitrogen and oxygen atoms in total. The second-order valence-corrected chi connectivity index (χ2v) is 8.37. The van der Waals surface area contributed by atoms with E-state index >= 15 is 0 Å². The maximum Gasteiger partial charge on any atom is 0.221 e. The fourth-order valence-corrected chi connectivity index (χ4v) is 5.10. The highest BCUT2D eigenvalue weighted by molar-refractivity contribution is 5.91. The predicted molar refractivity (Wildman–Crippen MR) is 119 cm³/mol. The Balaban J connectivity index is 1.96. The molecule has 170 valence electrons. The summed E-state index contributed by atoms with van der Waals surface area (Å²) in [4.78, 5) is 11.4. The Morgan fingerprint density at radius 1 is 1.09 bits per heavy atom. The molecule has 1 amide bonds. The quantitative estimate of drug-likeness (QED) is 0.711. The van der Waals surface area contributed by atoms with E-state index in [-0.39, 0.29) is 5.91 Å². The summed E-state index contributed by atoms with van der Waals surface area (Å²) in [6, 6.07) is 19.5. The van der Waals surface area contributed by atoms with E-state index in [1.54, 1.807) is 55.5 Å². The Morgan fingerprint density at radius 2 is 1.74 bits per heavy atom. The summed E-state index contributed by atoms with van der Waals surface area (Å²) in [7, 11) is 1.47. The highest BCUT2D eigenvalue weighted by Gasteiger charge is 2.80. The monoisotopic (exact) mass is 455 g/mol. The molecule has 0 saturated carbocycles. The lowest BCUT2D eigenvalue weighted by Crippen LogP contribution is -2.57. The van der Waals surface area contributed by atoms with E-state index in [9.17, 15) is 20.6 Å². The van der Waals surface area contributed by atoms with Crippen LogP contribution in [0.15, 0.2) is 48.5 Å². The zero-order valence-electron chi connectivity index (χ0n) is 18.7. The van der Waals surface area contributed by atoms with Gasteiger partial charge in [-0.05, 0) is 23.8 Å². The van der Waals surface area contributed by atoms with E-state index in [0.29, 0.717) is 22.6 Å². The second kappa shape index (κ2) is 7.88. The van der Waals surface area contributed by atoms with Gasteiger partial charge in [0.15, 0.2) is 5.41 Å². The number of ether oxygens (including phenoxy) is 3. The summed E-state index contributed by atoms with van der Waals surface area (Å²) in [5.41, 5.74) is -2.67. The number of carbonyl (C=O) groups excluding carboxylic acids is 1. The summed E-state index contributed by atoms with van der Waals surface area (Å²) >= 11 is 0. The van der Waals surface area contributed by atoms with Crippen molar-refractivity contribution >= 4 is 17.5 Å². The smallest absolute Gasteiger partial charge is 0.221 e. The highest BCUT2D eigenvalue weighted by atomic mass is 16.7. The van der Waals surface area contributed by atoms with E-state index in [1.165, 1.54) is 14.0 Å². The minimum absolute atomic E-state index is 0.249. The van der Waals surface area contributed by atoms with Crippen molar-refractivity contribution in [1.82, 2.24) is 0 Å². The Bertz CT molecular complexity index is 1290. The zero-order valence-corrected chi connectivity index (χ0v) is 18.7. The molecule has 0 aliphatic carbocycles. The lowest BCUT2D eigenvalue weighted by molar-refractivity contribution is -0.253. The molecular weight excluding hydrogens is 434 g/mol. The van der Waals surface area contributed by atoms with E-state index in [4.69, 9.17) is 19.6 Å². The number of hydrogen-bond acceptors (Lipinski definition) is 8. The van der Waals surface area contributed by atoms with Gasteiger partial charge in [-0.3, -0.25) is 10.2 Å². The molecule has 2 aromatic rings. The summed E-state index contributed by atoms with van der Waals surface area (Å²) in [5.74, 6) is -2.87. The van der Waals surface area contributed by atoms with E-state index in [0.717, 1.165) is 0 Å². The Labute approximate surface area is 196 Å². The average molecular weight is 455 g/mol. The van der Waals surface area contributed by atoms with Crippen LogP contribution in [0.4, 0.5) is 5.69 Å². The number of nitriles is 3. The second-order valence-electron chi connectivity index (χ2n) is 8.37. The van der Waals surface area contributed by atoms with Crippen LogP contribution in [0.5, 0.6) is 5.75 Å². The summed E-state index contributed by atoms with van der Waals surface area (Å²) in [6.07, 6.45) is -1.22. The number of nitrogens with zero attached hydrogens (tertiary/aromatic N) is 3. The zero-order chi connectivity index (χ0) is 24.7. The molecule has 4 atom stereocenters. The third-order valence-corrected chi connectivity index (χ3v) is 6.50. The summed E-state index contributed by atoms with van der Waals surface area (Å²) < 4.78 is 17.7. The number of methoxy groups -OCH3 is 1. The van der Waals surface area contributed by atoms with Crippen molar-refractivity contribution in [2.45, 2.75) is 31.7 Å². The maximum atomic E-state index is 11.4. The molecule has 2 N–H and O–H groups in total. The van der Waals surface area contributed by atoms with Crippen molar-refractivity contribution in [3.8, 4) is 24.0 Å². The fraction of sp³-hybridized carbons (Fsp3) is 0.320. The number of fused-ring (bicyclic) bond motifs is 2. The van der Waals surface area contributed by atoms with Gasteiger partial charge in [0, 0.05) is 25.1 Å². The van der Waals surface area contributed by atoms with Gasteiger partial charge in [-0.25, -0.2) is 0 Å². The van der Waals surface area contributed by atoms with Gasteiger partial charge in [-0.1, -0.05) is 30.3 Å². The molecule has 0 radical (unpaired) electrons. The maximum absolute atomic E-state index is 11.4. The molecular formula is C25H21N5O4. The topological polar surface area (TPSA) is 152 Å². The van der Waals surface area contributed by atoms with Gasteiger partial charge < -0.3 is 19.5 Å². The first-order valence-corrected chi connectivity index (χ1v) is 10.4. The standard InChI is InChI=1S/C25H21N5O4/c1-15(31)30-17-10-8-16(9-11-17)21-24(12-26,13-27)25(14-28)20(23(2,33-21)34-22(25)29)18-6-4-5-7-19(18)32-3/h4-11,20-21,29H,1-3H3,(H,30,31). The van der Waals surface area contributed by atoms with Gasteiger partial charge >= 0.3 is 0 Å². The third-order valence-electron chi connectivity index (χ3n) is 6.50. The Hall–Kier alpha value is -4.39. The fourth-order valence-electron chi connectivity index (χ4n) is 5.10. The molecule has 4 unspecified atom stereocenters. The minimum Gasteiger partial charge on any atom is -0.496 e. The van der Waals surface area contributed by atoms with Crippen LogP contribution < -0.4 is 10.1 Å². The number of nitrogens with one attached hydrogen (secondary N) is 2. The number of benzene rings is 2. The predicted octanol–water partition coefficient (Wildman–Crippen LogP) is 3.78. The first-order chi connectivity index (χ1) is 16.2. The first kappa shape index (κ1) is 22.8. The molecule has 2 aromatic carbocycles. The van der Waals surface area contributed by atoms with Crippen molar-refractivity contribution in [2.75, 3.05) is 12.4 Å². The van der Waals surface area contributed by atoms with Gasteiger partial charge in [0.05, 0.1) is 31.2 Å². The molecule has 2 aliphatic rings. The molecule has 34 heavy (non-hydrogen) atoms. The van der Waals surface area contributed by atoms with Crippen molar-refractivity contribution in [3.05, 3.63) is 59.7 Å². The van der Waals surface area contributed by atoms with Crippen LogP contribution in [-0.4, -0.2) is 24.7 Å². The van der Waals surface area contributed by atoms with Crippen molar-refractivity contribution in [1.29, 1.82) is 21.2 Å². The molecule has 9 heteroatoms. The number of rotatable bonds is 4. The largest absolute Gasteiger partial charge is 0.496 e. The third kappa shape index (κ3) is 2.86. The van der Waals surface area contributed by atoms with Crippen LogP contribution in [-0.2, 0) is 14.3 Å². The molecule has 2 fully saturated rings. The number of hydrogen-bond donors (Lipinski definition) is 2. The number of para-hydroxylation sites is 1. The molecule has 0 spiro atoms. The molecule has 2 bridgehead atoms. The summed E-state index contributed by atoms with van der Waals surface area (Å²) in [5, 5.41) is 42.7. The molecule has 4 rings (SSSR count). The molecule has 2 saturated heterocycles. The SMILES string of the molecule is COc1ccccc1C1C2(C)OC(=N)C1(C#N)C(C#N)(C#N)C(c1ccc(NC(C)=O)cc1)O2. The van der Waals surface area contributed by atoms with Crippen molar-refractivity contribution in [3.63, 3.8) is 0 Å². The van der Waals surface area contributed by atoms with E-state index in [2.05, 4.69) is 11.4 Å². The first-order valence-electron chi connectivity index (χ1n) is 10.4. The number of amides is 1. The summed E-state index contributed by atoms with van der Waals surface area (Å²) in [6.45, 7) is 2.97. The van der Waals surface area contributed by atoms with Gasteiger partial charge in [0.1, 0.15) is 11.9 Å². The van der Waals surface area contributed by atoms with E-state index < -0.39 is 34.5 Å². The van der Waals surface area contributed by atoms with Crippen molar-refractivity contribution < 1.29 is 19.0 Å². The van der Waals surface area contributed by atoms with Crippen molar-refractivity contribution in [2.24, 2.45) is 10.8 Å².